The summed E-state index contributed by atoms with van der Waals surface area (Å²) in [5.74, 6) is 0.944. The lowest BCUT2D eigenvalue weighted by molar-refractivity contribution is 0.237. The van der Waals surface area contributed by atoms with Crippen LogP contribution in [0.5, 0.6) is 0 Å². The van der Waals surface area contributed by atoms with Crippen LogP contribution in [0.25, 0.3) is 11.1 Å². The zero-order chi connectivity index (χ0) is 14.3. The average Bonchev–Trinajstić information content (AvgIpc) is 2.57. The minimum absolute atomic E-state index is 0.944. The van der Waals surface area contributed by atoms with Crippen LogP contribution in [0.4, 0.5) is 5.82 Å². The van der Waals surface area contributed by atoms with Gasteiger partial charge in [-0.1, -0.05) is 12.5 Å². The van der Waals surface area contributed by atoms with Crippen molar-refractivity contribution < 1.29 is 0 Å². The summed E-state index contributed by atoms with van der Waals surface area (Å²) in [7, 11) is 0. The van der Waals surface area contributed by atoms with Crippen molar-refractivity contribution >= 4 is 5.82 Å². The highest BCUT2D eigenvalue weighted by Crippen LogP contribution is 2.18. The number of likely N-dealkylation sites (tertiary alicyclic amines) is 1. The molecule has 1 N–H and O–H groups in total. The first-order valence-corrected chi connectivity index (χ1v) is 7.74. The molecular formula is C17H22N4. The van der Waals surface area contributed by atoms with Gasteiger partial charge in [-0.3, -0.25) is 4.98 Å². The van der Waals surface area contributed by atoms with Gasteiger partial charge < -0.3 is 10.2 Å². The van der Waals surface area contributed by atoms with Gasteiger partial charge in [0.05, 0.1) is 0 Å². The Balaban J connectivity index is 1.50. The Labute approximate surface area is 126 Å². The van der Waals surface area contributed by atoms with Crippen LogP contribution in [0.2, 0.25) is 0 Å². The topological polar surface area (TPSA) is 41.1 Å². The molecule has 0 amide bonds. The molecule has 0 aromatic carbocycles. The van der Waals surface area contributed by atoms with Gasteiger partial charge in [-0.15, -0.1) is 0 Å². The fourth-order valence-corrected chi connectivity index (χ4v) is 2.73. The van der Waals surface area contributed by atoms with Crippen molar-refractivity contribution in [3.8, 4) is 11.1 Å². The third-order valence-electron chi connectivity index (χ3n) is 3.94. The molecule has 4 nitrogen and oxygen atoms in total. The van der Waals surface area contributed by atoms with Crippen LogP contribution in [0, 0.1) is 0 Å². The second kappa shape index (κ2) is 7.18. The number of aromatic nitrogens is 2. The number of piperidine rings is 1. The van der Waals surface area contributed by atoms with Crippen molar-refractivity contribution in [3.63, 3.8) is 0 Å². The molecule has 2 aromatic heterocycles. The van der Waals surface area contributed by atoms with E-state index in [0.29, 0.717) is 0 Å². The molecule has 110 valence electrons. The Bertz CT molecular complexity index is 532. The van der Waals surface area contributed by atoms with Gasteiger partial charge in [0.2, 0.25) is 0 Å². The van der Waals surface area contributed by atoms with E-state index in [2.05, 4.69) is 26.3 Å². The normalized spacial score (nSPS) is 15.8. The lowest BCUT2D eigenvalue weighted by Gasteiger charge is -2.26. The summed E-state index contributed by atoms with van der Waals surface area (Å²) in [6, 6.07) is 8.12. The molecule has 0 unspecified atom stereocenters. The van der Waals surface area contributed by atoms with E-state index in [1.54, 1.807) is 6.20 Å². The zero-order valence-electron chi connectivity index (χ0n) is 12.3. The molecule has 0 spiro atoms. The van der Waals surface area contributed by atoms with Gasteiger partial charge in [-0.2, -0.15) is 0 Å². The van der Waals surface area contributed by atoms with Crippen LogP contribution >= 0.6 is 0 Å². The zero-order valence-corrected chi connectivity index (χ0v) is 12.3. The van der Waals surface area contributed by atoms with Crippen LogP contribution in [0.15, 0.2) is 42.9 Å². The molecule has 3 heterocycles. The number of pyridine rings is 2. The fraction of sp³-hybridized carbons (Fsp3) is 0.412. The smallest absolute Gasteiger partial charge is 0.125 e. The van der Waals surface area contributed by atoms with E-state index < -0.39 is 0 Å². The predicted molar refractivity (Wildman–Crippen MR) is 86.2 cm³/mol. The molecule has 0 bridgehead atoms. The van der Waals surface area contributed by atoms with E-state index in [0.717, 1.165) is 30.0 Å². The number of hydrogen-bond donors (Lipinski definition) is 1. The molecule has 1 saturated heterocycles. The van der Waals surface area contributed by atoms with Gasteiger partial charge in [0.25, 0.3) is 0 Å². The van der Waals surface area contributed by atoms with E-state index in [-0.39, 0.29) is 0 Å². The molecule has 2 aromatic rings. The van der Waals surface area contributed by atoms with Crippen molar-refractivity contribution in [2.75, 3.05) is 31.5 Å². The van der Waals surface area contributed by atoms with Crippen molar-refractivity contribution in [1.29, 1.82) is 0 Å². The van der Waals surface area contributed by atoms with Crippen molar-refractivity contribution in [1.82, 2.24) is 14.9 Å². The van der Waals surface area contributed by atoms with E-state index >= 15 is 0 Å². The van der Waals surface area contributed by atoms with Crippen molar-refractivity contribution in [2.45, 2.75) is 19.3 Å². The standard InChI is InChI=1S/C17H22N4/c1-2-10-21(11-3-1)12-9-19-17-7-6-16(14-20-17)15-5-4-8-18-13-15/h4-8,13-14H,1-3,9-12H2,(H,19,20). The number of nitrogens with zero attached hydrogens (tertiary/aromatic N) is 3. The van der Waals surface area contributed by atoms with Crippen LogP contribution in [0.3, 0.4) is 0 Å². The lowest BCUT2D eigenvalue weighted by atomic mass is 10.1. The Morgan fingerprint density at radius 3 is 2.57 bits per heavy atom. The van der Waals surface area contributed by atoms with Crippen molar-refractivity contribution in [3.05, 3.63) is 42.9 Å². The van der Waals surface area contributed by atoms with Gasteiger partial charge in [0.1, 0.15) is 5.82 Å². The average molecular weight is 282 g/mol. The maximum atomic E-state index is 4.48. The van der Waals surface area contributed by atoms with E-state index in [1.807, 2.05) is 30.6 Å². The molecule has 3 rings (SSSR count). The number of rotatable bonds is 5. The summed E-state index contributed by atoms with van der Waals surface area (Å²) in [5, 5.41) is 3.40. The molecule has 0 atom stereocenters. The molecule has 0 aliphatic carbocycles. The second-order valence-corrected chi connectivity index (χ2v) is 5.50. The third-order valence-corrected chi connectivity index (χ3v) is 3.94. The maximum absolute atomic E-state index is 4.48. The Kier molecular flexibility index (Phi) is 4.79. The monoisotopic (exact) mass is 282 g/mol. The third kappa shape index (κ3) is 4.02. The fourth-order valence-electron chi connectivity index (χ4n) is 2.73. The molecule has 1 aliphatic heterocycles. The summed E-state index contributed by atoms with van der Waals surface area (Å²) >= 11 is 0. The summed E-state index contributed by atoms with van der Waals surface area (Å²) in [6.07, 6.45) is 9.63. The van der Waals surface area contributed by atoms with E-state index in [9.17, 15) is 0 Å². The molecule has 4 heteroatoms. The predicted octanol–water partition coefficient (Wildman–Crippen LogP) is 3.04. The Morgan fingerprint density at radius 1 is 1.00 bits per heavy atom. The van der Waals surface area contributed by atoms with Gasteiger partial charge >= 0.3 is 0 Å². The highest BCUT2D eigenvalue weighted by molar-refractivity contribution is 5.62. The Hall–Kier alpha value is -1.94. The molecular weight excluding hydrogens is 260 g/mol. The van der Waals surface area contributed by atoms with Crippen LogP contribution in [0.1, 0.15) is 19.3 Å². The molecule has 0 radical (unpaired) electrons. The highest BCUT2D eigenvalue weighted by Gasteiger charge is 2.08. The minimum atomic E-state index is 0.944. The van der Waals surface area contributed by atoms with Gasteiger partial charge in [0, 0.05) is 42.8 Å². The maximum Gasteiger partial charge on any atom is 0.125 e. The largest absolute Gasteiger partial charge is 0.369 e. The van der Waals surface area contributed by atoms with Crippen molar-refractivity contribution in [2.24, 2.45) is 0 Å². The quantitative estimate of drug-likeness (QED) is 0.915. The SMILES string of the molecule is c1cncc(-c2ccc(NCCN3CCCCC3)nc2)c1. The molecule has 1 fully saturated rings. The first kappa shape index (κ1) is 14.0. The number of hydrogen-bond acceptors (Lipinski definition) is 4. The second-order valence-electron chi connectivity index (χ2n) is 5.50. The minimum Gasteiger partial charge on any atom is -0.369 e. The molecule has 1 aliphatic rings. The number of anilines is 1. The summed E-state index contributed by atoms with van der Waals surface area (Å²) < 4.78 is 0. The van der Waals surface area contributed by atoms with Crippen LogP contribution < -0.4 is 5.32 Å². The highest BCUT2D eigenvalue weighted by atomic mass is 15.1. The van der Waals surface area contributed by atoms with Crippen LogP contribution in [-0.2, 0) is 0 Å². The van der Waals surface area contributed by atoms with Gasteiger partial charge in [0.15, 0.2) is 0 Å². The van der Waals surface area contributed by atoms with Gasteiger partial charge in [-0.25, -0.2) is 4.98 Å². The summed E-state index contributed by atoms with van der Waals surface area (Å²) in [5.41, 5.74) is 2.20. The summed E-state index contributed by atoms with van der Waals surface area (Å²) in [6.45, 7) is 4.55. The Morgan fingerprint density at radius 2 is 1.86 bits per heavy atom. The summed E-state index contributed by atoms with van der Waals surface area (Å²) in [4.78, 5) is 11.1. The van der Waals surface area contributed by atoms with Gasteiger partial charge in [-0.05, 0) is 44.1 Å². The van der Waals surface area contributed by atoms with E-state index in [1.165, 1.54) is 32.4 Å². The first-order chi connectivity index (χ1) is 10.4. The number of nitrogens with one attached hydrogen (secondary N) is 1. The lowest BCUT2D eigenvalue weighted by Crippen LogP contribution is -2.33. The molecule has 21 heavy (non-hydrogen) atoms. The molecule has 0 saturated carbocycles. The first-order valence-electron chi connectivity index (χ1n) is 7.74. The van der Waals surface area contributed by atoms with Crippen LogP contribution in [-0.4, -0.2) is 41.0 Å². The van der Waals surface area contributed by atoms with E-state index in [4.69, 9.17) is 0 Å².